The third-order valence-electron chi connectivity index (χ3n) is 8.24. The van der Waals surface area contributed by atoms with Gasteiger partial charge in [-0.05, 0) is 70.8 Å². The highest BCUT2D eigenvalue weighted by atomic mass is 16.6. The Hall–Kier alpha value is -7.10. The number of hydrogen-bond acceptors (Lipinski definition) is 14. The lowest BCUT2D eigenvalue weighted by Crippen LogP contribution is -2.33. The van der Waals surface area contributed by atoms with E-state index < -0.39 is 83.3 Å². The molecule has 0 radical (unpaired) electrons. The molecule has 276 valence electrons. The maximum absolute atomic E-state index is 14.0. The Morgan fingerprint density at radius 2 is 1.25 bits per heavy atom. The van der Waals surface area contributed by atoms with Crippen LogP contribution in [0.15, 0.2) is 72.8 Å². The van der Waals surface area contributed by atoms with Crippen LogP contribution >= 0.6 is 0 Å². The van der Waals surface area contributed by atoms with Gasteiger partial charge in [-0.1, -0.05) is 24.3 Å². The highest BCUT2D eigenvalue weighted by Crippen LogP contribution is 2.53. The summed E-state index contributed by atoms with van der Waals surface area (Å²) < 4.78 is 21.9. The number of carbonyl (C=O) groups is 4. The lowest BCUT2D eigenvalue weighted by Gasteiger charge is -2.22. The molecule has 1 unspecified atom stereocenters. The van der Waals surface area contributed by atoms with Crippen molar-refractivity contribution in [3.8, 4) is 46.0 Å². The summed E-state index contributed by atoms with van der Waals surface area (Å²) in [5.74, 6) is -9.73. The summed E-state index contributed by atoms with van der Waals surface area (Å²) in [6, 6.07) is 13.6. The number of aliphatic carboxylic acids is 2. The summed E-state index contributed by atoms with van der Waals surface area (Å²) in [5.41, 5.74) is 0.696. The minimum atomic E-state index is -1.82. The molecule has 53 heavy (non-hydrogen) atoms. The molecule has 8 N–H and O–H groups in total. The van der Waals surface area contributed by atoms with E-state index in [9.17, 15) is 60.0 Å². The lowest BCUT2D eigenvalue weighted by molar-refractivity contribution is -0.166. The Balaban J connectivity index is 1.49. The third-order valence-corrected chi connectivity index (χ3v) is 8.24. The molecule has 1 aliphatic rings. The van der Waals surface area contributed by atoms with Crippen LogP contribution in [0, 0.1) is 0 Å². The van der Waals surface area contributed by atoms with Crippen LogP contribution in [0.3, 0.4) is 0 Å². The van der Waals surface area contributed by atoms with E-state index in [2.05, 4.69) is 0 Å². The van der Waals surface area contributed by atoms with Gasteiger partial charge in [-0.25, -0.2) is 14.4 Å². The van der Waals surface area contributed by atoms with E-state index in [1.165, 1.54) is 49.6 Å². The second-order valence-corrected chi connectivity index (χ2v) is 11.8. The molecule has 0 saturated heterocycles. The lowest BCUT2D eigenvalue weighted by atomic mass is 9.87. The second-order valence-electron chi connectivity index (χ2n) is 11.8. The van der Waals surface area contributed by atoms with E-state index in [1.807, 2.05) is 0 Å². The molecule has 0 saturated carbocycles. The Morgan fingerprint density at radius 3 is 1.79 bits per heavy atom. The summed E-state index contributed by atoms with van der Waals surface area (Å²) in [5, 5.41) is 79.5. The number of ether oxygens (including phenoxy) is 4. The summed E-state index contributed by atoms with van der Waals surface area (Å²) in [6.07, 6.45) is -3.64. The summed E-state index contributed by atoms with van der Waals surface area (Å²) >= 11 is 0. The number of methoxy groups -OCH3 is 1. The third kappa shape index (κ3) is 8.28. The topological polar surface area (TPSA) is 267 Å². The molecule has 0 aromatic heterocycles. The number of carbonyl (C=O) groups excluding carboxylic acids is 2. The fraction of sp³-hybridized carbons (Fsp3) is 0.189. The van der Waals surface area contributed by atoms with Gasteiger partial charge in [-0.15, -0.1) is 0 Å². The number of esters is 2. The van der Waals surface area contributed by atoms with Crippen molar-refractivity contribution >= 4 is 30.0 Å². The SMILES string of the molecule is COc1cc([C@H]2Oc3c(O)ccc(/C=C/C(=O)O[C@H](Cc4ccc(O)c(O)c4)C(=O)O)c3C2C(=O)O[C@H](Cc2ccc(O)c(O)c2)C(=O)O)ccc1O. The monoisotopic (exact) mass is 732 g/mol. The van der Waals surface area contributed by atoms with Gasteiger partial charge in [0, 0.05) is 24.5 Å². The summed E-state index contributed by atoms with van der Waals surface area (Å²) in [6.45, 7) is 0. The minimum Gasteiger partial charge on any atom is -0.504 e. The zero-order chi connectivity index (χ0) is 38.6. The molecule has 1 heterocycles. The number of phenols is 6. The highest BCUT2D eigenvalue weighted by molar-refractivity contribution is 5.92. The standard InChI is InChI=1S/C37H32O16/c1-50-27-16-20(5-9-23(27)40)33-32(37(49)52-29(36(47)48)15-18-3-8-22(39)26(43)13-18)31-19(4-10-24(41)34(31)53-33)6-11-30(44)51-28(35(45)46)14-17-2-7-21(38)25(42)12-17/h2-13,16,28-29,32-33,38-43H,14-15H2,1H3,(H,45,46)(H,47,48)/b11-6+/t28-,29-,32?,33-/m1/s1. The number of carboxylic acid groups (broad SMARTS) is 2. The van der Waals surface area contributed by atoms with Gasteiger partial charge in [0.25, 0.3) is 0 Å². The van der Waals surface area contributed by atoms with E-state index in [-0.39, 0.29) is 51.5 Å². The number of aromatic hydroxyl groups is 6. The van der Waals surface area contributed by atoms with Gasteiger partial charge in [0.05, 0.1) is 7.11 Å². The van der Waals surface area contributed by atoms with Crippen molar-refractivity contribution in [1.82, 2.24) is 0 Å². The molecule has 4 aromatic rings. The Kier molecular flexibility index (Phi) is 10.8. The predicted octanol–water partition coefficient (Wildman–Crippen LogP) is 3.64. The maximum Gasteiger partial charge on any atom is 0.345 e. The smallest absolute Gasteiger partial charge is 0.345 e. The van der Waals surface area contributed by atoms with Crippen LogP contribution in [0.1, 0.15) is 39.8 Å². The van der Waals surface area contributed by atoms with E-state index in [1.54, 1.807) is 0 Å². The van der Waals surface area contributed by atoms with E-state index >= 15 is 0 Å². The fourth-order valence-electron chi connectivity index (χ4n) is 5.64. The number of phenolic OH excluding ortho intramolecular Hbond substituents is 6. The molecular weight excluding hydrogens is 700 g/mol. The molecule has 0 bridgehead atoms. The van der Waals surface area contributed by atoms with Crippen LogP contribution in [0.2, 0.25) is 0 Å². The molecule has 16 heteroatoms. The summed E-state index contributed by atoms with van der Waals surface area (Å²) in [4.78, 5) is 51.1. The number of fused-ring (bicyclic) bond motifs is 1. The zero-order valence-electron chi connectivity index (χ0n) is 27.6. The van der Waals surface area contributed by atoms with Gasteiger partial charge in [-0.3, -0.25) is 4.79 Å². The first-order chi connectivity index (χ1) is 25.2. The van der Waals surface area contributed by atoms with E-state index in [4.69, 9.17) is 18.9 Å². The number of carboxylic acids is 2. The molecule has 4 atom stereocenters. The molecule has 0 fully saturated rings. The molecular formula is C37H32O16. The summed E-state index contributed by atoms with van der Waals surface area (Å²) in [7, 11) is 1.28. The molecule has 0 spiro atoms. The Morgan fingerprint density at radius 1 is 0.698 bits per heavy atom. The number of benzene rings is 4. The van der Waals surface area contributed by atoms with Crippen LogP contribution in [-0.2, 0) is 41.5 Å². The molecule has 16 nitrogen and oxygen atoms in total. The normalized spacial score (nSPS) is 15.9. The van der Waals surface area contributed by atoms with E-state index in [0.29, 0.717) is 0 Å². The van der Waals surface area contributed by atoms with E-state index in [0.717, 1.165) is 36.4 Å². The Labute approximate surface area is 299 Å². The molecule has 1 aliphatic heterocycles. The van der Waals surface area contributed by atoms with Crippen molar-refractivity contribution in [2.45, 2.75) is 37.1 Å². The molecule has 0 aliphatic carbocycles. The van der Waals surface area contributed by atoms with Gasteiger partial charge >= 0.3 is 23.9 Å². The number of hydrogen-bond donors (Lipinski definition) is 8. The highest BCUT2D eigenvalue weighted by Gasteiger charge is 2.46. The second kappa shape index (κ2) is 15.4. The molecule has 4 aromatic carbocycles. The molecule has 0 amide bonds. The Bertz CT molecular complexity index is 2100. The van der Waals surface area contributed by atoms with Crippen LogP contribution in [0.4, 0.5) is 0 Å². The van der Waals surface area contributed by atoms with Gasteiger partial charge in [0.1, 0.15) is 12.0 Å². The molecule has 5 rings (SSSR count). The first-order valence-corrected chi connectivity index (χ1v) is 15.6. The van der Waals surface area contributed by atoms with Crippen molar-refractivity contribution < 1.29 is 79.0 Å². The van der Waals surface area contributed by atoms with Crippen molar-refractivity contribution in [2.75, 3.05) is 7.11 Å². The van der Waals surface area contributed by atoms with Gasteiger partial charge < -0.3 is 59.8 Å². The predicted molar refractivity (Wildman–Crippen MR) is 180 cm³/mol. The minimum absolute atomic E-state index is 0.00712. The van der Waals surface area contributed by atoms with Crippen molar-refractivity contribution in [1.29, 1.82) is 0 Å². The van der Waals surface area contributed by atoms with Crippen LogP contribution in [0.25, 0.3) is 6.08 Å². The van der Waals surface area contributed by atoms with Gasteiger partial charge in [-0.2, -0.15) is 0 Å². The first-order valence-electron chi connectivity index (χ1n) is 15.6. The zero-order valence-corrected chi connectivity index (χ0v) is 27.6. The van der Waals surface area contributed by atoms with Crippen LogP contribution < -0.4 is 9.47 Å². The largest absolute Gasteiger partial charge is 0.504 e. The average molecular weight is 733 g/mol. The quantitative estimate of drug-likeness (QED) is 0.0554. The van der Waals surface area contributed by atoms with Gasteiger partial charge in [0.15, 0.2) is 46.0 Å². The fourth-order valence-corrected chi connectivity index (χ4v) is 5.64. The average Bonchev–Trinajstić information content (AvgIpc) is 3.52. The van der Waals surface area contributed by atoms with Crippen LogP contribution in [-0.4, -0.2) is 84.0 Å². The van der Waals surface area contributed by atoms with Crippen molar-refractivity contribution in [3.63, 3.8) is 0 Å². The van der Waals surface area contributed by atoms with Crippen molar-refractivity contribution in [3.05, 3.63) is 101 Å². The van der Waals surface area contributed by atoms with Crippen molar-refractivity contribution in [2.24, 2.45) is 0 Å². The van der Waals surface area contributed by atoms with Gasteiger partial charge in [0.2, 0.25) is 12.2 Å². The number of rotatable bonds is 13. The van der Waals surface area contributed by atoms with Crippen LogP contribution in [0.5, 0.6) is 46.0 Å². The first kappa shape index (κ1) is 37.2. The maximum atomic E-state index is 14.0.